The van der Waals surface area contributed by atoms with Crippen LogP contribution in [0.15, 0.2) is 170 Å². The number of benzene rings is 6. The van der Waals surface area contributed by atoms with Gasteiger partial charge in [-0.3, -0.25) is 9.78 Å². The van der Waals surface area contributed by atoms with Gasteiger partial charge in [-0.2, -0.15) is 15.0 Å². The van der Waals surface area contributed by atoms with Crippen LogP contribution in [0.3, 0.4) is 0 Å². The Morgan fingerprint density at radius 2 is 1.14 bits per heavy atom. The van der Waals surface area contributed by atoms with Crippen LogP contribution in [-0.4, -0.2) is 91.3 Å². The van der Waals surface area contributed by atoms with Gasteiger partial charge in [0, 0.05) is 74.4 Å². The molecule has 0 unspecified atom stereocenters. The highest BCUT2D eigenvalue weighted by atomic mass is 79.9. The van der Waals surface area contributed by atoms with Crippen molar-refractivity contribution in [3.8, 4) is 0 Å². The number of hydrogen-bond acceptors (Lipinski definition) is 16. The molecular formula is C59H57BrCl6F3N21O2S. The van der Waals surface area contributed by atoms with Gasteiger partial charge in [-0.1, -0.05) is 74.8 Å². The first-order chi connectivity index (χ1) is 44.5. The Bertz CT molecular complexity index is 4270. The highest BCUT2D eigenvalue weighted by Crippen LogP contribution is 2.30. The summed E-state index contributed by atoms with van der Waals surface area (Å²) in [5.74, 6) is 3.13. The highest BCUT2D eigenvalue weighted by molar-refractivity contribution is 9.10. The fourth-order valence-corrected chi connectivity index (χ4v) is 10.1. The van der Waals surface area contributed by atoms with Crippen LogP contribution in [-0.2, 0) is 30.5 Å². The number of halogens is 10. The Kier molecular flexibility index (Phi) is 27.2. The molecule has 0 bridgehead atoms. The van der Waals surface area contributed by atoms with Crippen LogP contribution in [0, 0.1) is 31.3 Å². The van der Waals surface area contributed by atoms with Gasteiger partial charge in [0.2, 0.25) is 10.0 Å². The minimum Gasteiger partial charge on any atom is -0.340 e. The first kappa shape index (κ1) is 71.6. The van der Waals surface area contributed by atoms with Crippen molar-refractivity contribution in [3.05, 3.63) is 234 Å². The second-order valence-corrected chi connectivity index (χ2v) is 24.6. The van der Waals surface area contributed by atoms with Crippen molar-refractivity contribution in [3.63, 3.8) is 0 Å². The molecule has 0 fully saturated rings. The summed E-state index contributed by atoms with van der Waals surface area (Å²) < 4.78 is 66.0. The molecule has 0 saturated heterocycles. The molecule has 93 heavy (non-hydrogen) atoms. The Morgan fingerprint density at radius 1 is 0.559 bits per heavy atom. The number of sulfonamides is 1. The lowest BCUT2D eigenvalue weighted by Gasteiger charge is -2.11. The summed E-state index contributed by atoms with van der Waals surface area (Å²) in [6.45, 7) is 4.05. The average molecular weight is 1470 g/mol. The average Bonchev–Trinajstić information content (AvgIpc) is 2.45. The number of H-pyrrole nitrogens is 4. The minimum atomic E-state index is -3.25. The van der Waals surface area contributed by atoms with E-state index in [0.717, 1.165) is 67.7 Å². The largest absolute Gasteiger partial charge is 0.340 e. The maximum absolute atomic E-state index is 13.1. The third-order valence-corrected chi connectivity index (χ3v) is 15.4. The summed E-state index contributed by atoms with van der Waals surface area (Å²) in [7, 11) is 1.65. The lowest BCUT2D eigenvalue weighted by molar-refractivity contribution is 0.587. The van der Waals surface area contributed by atoms with E-state index in [1.54, 1.807) is 130 Å². The molecule has 0 saturated carbocycles. The molecule has 0 amide bonds. The fraction of sp³-hybridized carbons (Fsp3) is 0.119. The third kappa shape index (κ3) is 24.3. The third-order valence-electron chi connectivity index (χ3n) is 12.0. The summed E-state index contributed by atoms with van der Waals surface area (Å²) in [4.78, 5) is 21.7. The fourth-order valence-electron chi connectivity index (χ4n) is 7.69. The van der Waals surface area contributed by atoms with Gasteiger partial charge in [0.05, 0.1) is 76.4 Å². The standard InChI is InChI=1S/C12H15ClN4O2S.C11H12ClN3.C9H7BrFN3.C9H8Cl2N4.C9H8ClFN4.C9H7ClFN3/c1-14-20(18,19)5-4-9-6-10(13)2-3-11(9)17-12-7-15-8-16-12;1-7-5-9(12)6-8(2)11(7)14-10-3-4-13-15-10;10-7-3-6(1-2-8(7)11)14-9-4-12-5-13-9;1-15-12-5-9(14-15)13-8-3-6(10)2-7(11)4-8;1-15-5-9(13-14-15)12-6-2-3-7(10)8(11)4-6;10-7-3-6(1-2-8(7)11)14-9-4-12-5-13-9/h2-3,6-8,14,17H,4-5H2,1H3,(H,15,16);3-6H,1-2H3,(H2,13,14,15);1-5,14H,(H,12,13);2-5H,1H3,(H,13,14);2-5,12H,1H3;1-5,14H,(H,12,13). The van der Waals surface area contributed by atoms with E-state index in [1.165, 1.54) is 42.2 Å². The second kappa shape index (κ2) is 35.3. The summed E-state index contributed by atoms with van der Waals surface area (Å²) in [6, 6.07) is 29.9. The van der Waals surface area contributed by atoms with E-state index >= 15 is 0 Å². The normalized spacial score (nSPS) is 10.5. The van der Waals surface area contributed by atoms with E-state index in [9.17, 15) is 21.6 Å². The SMILES string of the molecule is CNS(=O)(=O)CCc1cc(Cl)ccc1Nc1cnc[nH]1.Cc1cc(Cl)cc(C)c1Nc1ccn[nH]1.Cn1cc(Nc2ccc(Cl)c(F)c2)nn1.Cn1ncc(Nc2cc(Cl)cc(Cl)c2)n1.Fc1ccc(Nc2cnc[nH]2)cc1Br.Fc1ccc(Nc2cnc[nH]2)cc1Cl. The number of rotatable bonds is 16. The molecule has 6 heterocycles. The molecule has 0 aliphatic rings. The van der Waals surface area contributed by atoms with E-state index in [-0.39, 0.29) is 21.6 Å². The molecule has 0 aliphatic heterocycles. The molecule has 23 nitrogen and oxygen atoms in total. The monoisotopic (exact) mass is 1470 g/mol. The Balaban J connectivity index is 0.000000159. The van der Waals surface area contributed by atoms with Crippen LogP contribution in [0.2, 0.25) is 30.1 Å². The summed E-state index contributed by atoms with van der Waals surface area (Å²) in [6.07, 6.45) is 15.0. The van der Waals surface area contributed by atoms with Crippen LogP contribution in [0.5, 0.6) is 0 Å². The van der Waals surface area contributed by atoms with Gasteiger partial charge in [-0.25, -0.2) is 41.3 Å². The van der Waals surface area contributed by atoms with Gasteiger partial charge in [-0.05, 0) is 163 Å². The molecule has 6 aromatic heterocycles. The lowest BCUT2D eigenvalue weighted by Crippen LogP contribution is -2.23. The van der Waals surface area contributed by atoms with Crippen molar-refractivity contribution in [2.75, 3.05) is 44.7 Å². The number of aromatic amines is 4. The van der Waals surface area contributed by atoms with Crippen molar-refractivity contribution in [1.82, 2.24) is 74.8 Å². The van der Waals surface area contributed by atoms with Gasteiger partial charge in [0.1, 0.15) is 40.7 Å². The topological polar surface area (TPSA) is 294 Å². The Hall–Kier alpha value is -8.84. The van der Waals surface area contributed by atoms with Gasteiger partial charge in [0.25, 0.3) is 0 Å². The van der Waals surface area contributed by atoms with E-state index in [1.807, 2.05) is 38.1 Å². The predicted molar refractivity (Wildman–Crippen MR) is 368 cm³/mol. The van der Waals surface area contributed by atoms with Crippen LogP contribution in [0.1, 0.15) is 16.7 Å². The molecule has 0 atom stereocenters. The smallest absolute Gasteiger partial charge is 0.211 e. The van der Waals surface area contributed by atoms with Crippen LogP contribution < -0.4 is 36.6 Å². The number of aromatic nitrogens is 14. The van der Waals surface area contributed by atoms with Crippen molar-refractivity contribution in [2.24, 2.45) is 14.1 Å². The summed E-state index contributed by atoms with van der Waals surface area (Å²) >= 11 is 37.9. The minimum absolute atomic E-state index is 0.00149. The zero-order chi connectivity index (χ0) is 67.0. The number of imidazole rings is 3. The first-order valence-electron chi connectivity index (χ1n) is 27.0. The molecule has 6 aromatic carbocycles. The van der Waals surface area contributed by atoms with Crippen molar-refractivity contribution in [1.29, 1.82) is 0 Å². The van der Waals surface area contributed by atoms with Crippen molar-refractivity contribution in [2.45, 2.75) is 20.3 Å². The molecule has 0 aliphatic carbocycles. The van der Waals surface area contributed by atoms with Crippen LogP contribution >= 0.6 is 85.5 Å². The summed E-state index contributed by atoms with van der Waals surface area (Å²) in [5, 5.41) is 43.3. The number of aryl methyl sites for hydroxylation is 5. The number of hydrogen-bond donors (Lipinski definition) is 11. The maximum atomic E-state index is 13.1. The van der Waals surface area contributed by atoms with Gasteiger partial charge in [0.15, 0.2) is 11.6 Å². The molecule has 0 radical (unpaired) electrons. The molecule has 11 N–H and O–H groups in total. The second-order valence-electron chi connectivity index (χ2n) is 19.1. The van der Waals surface area contributed by atoms with Gasteiger partial charge in [-0.15, -0.1) is 10.2 Å². The van der Waals surface area contributed by atoms with Crippen molar-refractivity contribution >= 4 is 165 Å². The molecular weight excluding hydrogens is 1420 g/mol. The Morgan fingerprint density at radius 3 is 1.67 bits per heavy atom. The zero-order valence-corrected chi connectivity index (χ0v) is 56.4. The molecule has 12 aromatic rings. The quantitative estimate of drug-likeness (QED) is 0.0429. The lowest BCUT2D eigenvalue weighted by atomic mass is 10.1. The van der Waals surface area contributed by atoms with Gasteiger partial charge >= 0.3 is 0 Å². The molecule has 486 valence electrons. The Labute approximate surface area is 570 Å². The molecule has 0 spiro atoms. The summed E-state index contributed by atoms with van der Waals surface area (Å²) in [5.41, 5.74) is 7.80. The highest BCUT2D eigenvalue weighted by Gasteiger charge is 2.12. The van der Waals surface area contributed by atoms with E-state index in [0.29, 0.717) is 49.0 Å². The van der Waals surface area contributed by atoms with E-state index in [2.05, 4.69) is 113 Å². The van der Waals surface area contributed by atoms with Crippen molar-refractivity contribution < 1.29 is 21.6 Å². The van der Waals surface area contributed by atoms with Crippen LogP contribution in [0.4, 0.5) is 82.2 Å². The van der Waals surface area contributed by atoms with Crippen LogP contribution in [0.25, 0.3) is 0 Å². The molecule has 34 heteroatoms. The van der Waals surface area contributed by atoms with Gasteiger partial charge < -0.3 is 46.9 Å². The first-order valence-corrected chi connectivity index (χ1v) is 31.7. The number of nitrogens with one attached hydrogen (secondary N) is 11. The van der Waals surface area contributed by atoms with E-state index < -0.39 is 21.7 Å². The number of nitrogens with zero attached hydrogens (tertiary/aromatic N) is 10. The molecule has 12 rings (SSSR count). The maximum Gasteiger partial charge on any atom is 0.211 e. The van der Waals surface area contributed by atoms with E-state index in [4.69, 9.17) is 69.6 Å². The number of anilines is 12. The zero-order valence-electron chi connectivity index (χ0n) is 49.5. The predicted octanol–water partition coefficient (Wildman–Crippen LogP) is 16.5.